The number of carboxylic acid groups (broad SMARTS) is 1. The molecule has 0 bridgehead atoms. The summed E-state index contributed by atoms with van der Waals surface area (Å²) in [5.41, 5.74) is 1.32. The lowest BCUT2D eigenvalue weighted by molar-refractivity contribution is -0.121. The van der Waals surface area contributed by atoms with Gasteiger partial charge in [-0.25, -0.2) is 4.79 Å². The van der Waals surface area contributed by atoms with E-state index in [4.69, 9.17) is 5.11 Å². The first-order valence-corrected chi connectivity index (χ1v) is 6.74. The molecule has 0 aromatic heterocycles. The van der Waals surface area contributed by atoms with Gasteiger partial charge >= 0.3 is 5.97 Å². The number of carbonyl (C=O) groups excluding carboxylic acids is 1. The van der Waals surface area contributed by atoms with Crippen LogP contribution in [0.5, 0.6) is 0 Å². The summed E-state index contributed by atoms with van der Waals surface area (Å²) in [5.74, 6) is -0.0108. The second-order valence-electron chi connectivity index (χ2n) is 5.08. The van der Waals surface area contributed by atoms with Crippen molar-refractivity contribution in [3.05, 3.63) is 35.4 Å². The van der Waals surface area contributed by atoms with Crippen LogP contribution in [0.1, 0.15) is 41.6 Å². The molecule has 0 radical (unpaired) electrons. The van der Waals surface area contributed by atoms with E-state index in [1.165, 1.54) is 12.8 Å². The van der Waals surface area contributed by atoms with Gasteiger partial charge in [-0.15, -0.1) is 0 Å². The van der Waals surface area contributed by atoms with Gasteiger partial charge in [0.05, 0.1) is 5.56 Å². The number of carboxylic acids is 1. The molecule has 4 heteroatoms. The fourth-order valence-corrected chi connectivity index (χ4v) is 1.99. The Kier molecular flexibility index (Phi) is 4.55. The highest BCUT2D eigenvalue weighted by Crippen LogP contribution is 2.33. The monoisotopic (exact) mass is 261 g/mol. The minimum Gasteiger partial charge on any atom is -0.478 e. The topological polar surface area (TPSA) is 66.4 Å². The zero-order valence-corrected chi connectivity index (χ0v) is 10.9. The Morgan fingerprint density at radius 1 is 1.21 bits per heavy atom. The SMILES string of the molecule is O=C(CCC1CC1)NCCc1ccc(C(=O)O)cc1. The molecule has 1 aliphatic carbocycles. The molecule has 0 atom stereocenters. The van der Waals surface area contributed by atoms with Crippen LogP contribution in [0.15, 0.2) is 24.3 Å². The van der Waals surface area contributed by atoms with E-state index in [9.17, 15) is 9.59 Å². The van der Waals surface area contributed by atoms with Crippen LogP contribution in [0.2, 0.25) is 0 Å². The molecule has 1 aromatic carbocycles. The summed E-state index contributed by atoms with van der Waals surface area (Å²) in [5, 5.41) is 11.7. The average molecular weight is 261 g/mol. The van der Waals surface area contributed by atoms with Crippen molar-refractivity contribution < 1.29 is 14.7 Å². The van der Waals surface area contributed by atoms with Gasteiger partial charge in [0.15, 0.2) is 0 Å². The molecule has 1 amide bonds. The van der Waals surface area contributed by atoms with E-state index in [0.29, 0.717) is 13.0 Å². The maximum atomic E-state index is 11.5. The van der Waals surface area contributed by atoms with Crippen molar-refractivity contribution in [2.75, 3.05) is 6.54 Å². The van der Waals surface area contributed by atoms with Gasteiger partial charge in [-0.3, -0.25) is 4.79 Å². The van der Waals surface area contributed by atoms with Crippen molar-refractivity contribution in [2.45, 2.75) is 32.1 Å². The molecule has 1 aromatic rings. The van der Waals surface area contributed by atoms with Crippen LogP contribution in [0, 0.1) is 5.92 Å². The number of hydrogen-bond acceptors (Lipinski definition) is 2. The van der Waals surface area contributed by atoms with Crippen molar-refractivity contribution in [3.8, 4) is 0 Å². The van der Waals surface area contributed by atoms with Gasteiger partial charge in [0.2, 0.25) is 5.91 Å². The summed E-state index contributed by atoms with van der Waals surface area (Å²) in [6.07, 6.45) is 4.93. The zero-order valence-electron chi connectivity index (χ0n) is 10.9. The summed E-state index contributed by atoms with van der Waals surface area (Å²) < 4.78 is 0. The number of rotatable bonds is 7. The molecule has 0 unspecified atom stereocenters. The van der Waals surface area contributed by atoms with Gasteiger partial charge in [0, 0.05) is 13.0 Å². The van der Waals surface area contributed by atoms with Crippen LogP contribution in [-0.2, 0) is 11.2 Å². The molecule has 102 valence electrons. The predicted octanol–water partition coefficient (Wildman–Crippen LogP) is 2.23. The van der Waals surface area contributed by atoms with Crippen LogP contribution in [0.25, 0.3) is 0 Å². The molecule has 0 spiro atoms. The first-order valence-electron chi connectivity index (χ1n) is 6.74. The van der Waals surface area contributed by atoms with E-state index < -0.39 is 5.97 Å². The number of carbonyl (C=O) groups is 2. The molecule has 19 heavy (non-hydrogen) atoms. The number of nitrogens with one attached hydrogen (secondary N) is 1. The van der Waals surface area contributed by atoms with E-state index in [0.717, 1.165) is 24.3 Å². The minimum absolute atomic E-state index is 0.119. The Morgan fingerprint density at radius 3 is 2.47 bits per heavy atom. The highest BCUT2D eigenvalue weighted by Gasteiger charge is 2.21. The predicted molar refractivity (Wildman–Crippen MR) is 72.1 cm³/mol. The smallest absolute Gasteiger partial charge is 0.335 e. The Bertz CT molecular complexity index is 449. The Balaban J connectivity index is 1.66. The molecule has 0 saturated heterocycles. The summed E-state index contributed by atoms with van der Waals surface area (Å²) in [6, 6.07) is 6.76. The number of amides is 1. The molecule has 1 saturated carbocycles. The molecular formula is C15H19NO3. The molecule has 4 nitrogen and oxygen atoms in total. The number of benzene rings is 1. The lowest BCUT2D eigenvalue weighted by Gasteiger charge is -2.05. The van der Waals surface area contributed by atoms with Gasteiger partial charge < -0.3 is 10.4 Å². The first-order chi connectivity index (χ1) is 9.15. The van der Waals surface area contributed by atoms with Crippen molar-refractivity contribution in [2.24, 2.45) is 5.92 Å². The Hall–Kier alpha value is -1.84. The van der Waals surface area contributed by atoms with Gasteiger partial charge in [0.1, 0.15) is 0 Å². The third-order valence-electron chi connectivity index (χ3n) is 3.41. The molecule has 1 aliphatic rings. The highest BCUT2D eigenvalue weighted by atomic mass is 16.4. The van der Waals surface area contributed by atoms with Crippen molar-refractivity contribution >= 4 is 11.9 Å². The fourth-order valence-electron chi connectivity index (χ4n) is 1.99. The summed E-state index contributed by atoms with van der Waals surface area (Å²) in [7, 11) is 0. The molecule has 0 aliphatic heterocycles. The maximum Gasteiger partial charge on any atom is 0.335 e. The van der Waals surface area contributed by atoms with Crippen LogP contribution >= 0.6 is 0 Å². The second kappa shape index (κ2) is 6.36. The Labute approximate surface area is 112 Å². The quantitative estimate of drug-likeness (QED) is 0.791. The number of hydrogen-bond donors (Lipinski definition) is 2. The zero-order chi connectivity index (χ0) is 13.7. The Morgan fingerprint density at radius 2 is 1.89 bits per heavy atom. The van der Waals surface area contributed by atoms with Crippen LogP contribution in [0.4, 0.5) is 0 Å². The second-order valence-corrected chi connectivity index (χ2v) is 5.08. The molecule has 1 fully saturated rings. The van der Waals surface area contributed by atoms with Gasteiger partial charge in [0.25, 0.3) is 0 Å². The van der Waals surface area contributed by atoms with E-state index >= 15 is 0 Å². The lowest BCUT2D eigenvalue weighted by Crippen LogP contribution is -2.25. The summed E-state index contributed by atoms with van der Waals surface area (Å²) in [6.45, 7) is 0.607. The third-order valence-corrected chi connectivity index (χ3v) is 3.41. The molecule has 2 N–H and O–H groups in total. The van der Waals surface area contributed by atoms with Crippen molar-refractivity contribution in [3.63, 3.8) is 0 Å². The largest absolute Gasteiger partial charge is 0.478 e. The van der Waals surface area contributed by atoms with E-state index in [2.05, 4.69) is 5.32 Å². The van der Waals surface area contributed by atoms with E-state index in [1.54, 1.807) is 24.3 Å². The first kappa shape index (κ1) is 13.6. The average Bonchev–Trinajstić information content (AvgIpc) is 3.21. The van der Waals surface area contributed by atoms with Gasteiger partial charge in [-0.2, -0.15) is 0 Å². The van der Waals surface area contributed by atoms with E-state index in [-0.39, 0.29) is 11.5 Å². The van der Waals surface area contributed by atoms with Crippen molar-refractivity contribution in [1.29, 1.82) is 0 Å². The minimum atomic E-state index is -0.917. The summed E-state index contributed by atoms with van der Waals surface area (Å²) in [4.78, 5) is 22.2. The van der Waals surface area contributed by atoms with Crippen LogP contribution in [0.3, 0.4) is 0 Å². The maximum absolute atomic E-state index is 11.5. The standard InChI is InChI=1S/C15H19NO3/c17-14(8-5-11-1-2-11)16-10-9-12-3-6-13(7-4-12)15(18)19/h3-4,6-7,11H,1-2,5,8-10H2,(H,16,17)(H,18,19). The third kappa shape index (κ3) is 4.73. The fraction of sp³-hybridized carbons (Fsp3) is 0.467. The van der Waals surface area contributed by atoms with Crippen molar-refractivity contribution in [1.82, 2.24) is 5.32 Å². The molecular weight excluding hydrogens is 242 g/mol. The lowest BCUT2D eigenvalue weighted by atomic mass is 10.1. The normalized spacial score (nSPS) is 14.1. The van der Waals surface area contributed by atoms with Gasteiger partial charge in [-0.1, -0.05) is 25.0 Å². The molecule has 0 heterocycles. The van der Waals surface area contributed by atoms with Crippen LogP contribution < -0.4 is 5.32 Å². The summed E-state index contributed by atoms with van der Waals surface area (Å²) >= 11 is 0. The molecule has 2 rings (SSSR count). The highest BCUT2D eigenvalue weighted by molar-refractivity contribution is 5.87. The number of aromatic carboxylic acids is 1. The van der Waals surface area contributed by atoms with Gasteiger partial charge in [-0.05, 0) is 36.5 Å². The van der Waals surface area contributed by atoms with E-state index in [1.807, 2.05) is 0 Å². The van der Waals surface area contributed by atoms with Crippen LogP contribution in [-0.4, -0.2) is 23.5 Å².